The third kappa shape index (κ3) is 2.15. The Morgan fingerprint density at radius 2 is 1.88 bits per heavy atom. The van der Waals surface area contributed by atoms with Gasteiger partial charge >= 0.3 is 6.18 Å². The van der Waals surface area contributed by atoms with Crippen LogP contribution in [0.5, 0.6) is 0 Å². The minimum atomic E-state index is -4.25. The standard InChI is InChI=1S/C12H14F3N/c1-2-9-6-10(12(13,14)15)8-11(7-9)16-4-3-5-16/h6-8H,2-5H2,1H3. The largest absolute Gasteiger partial charge is 0.416 e. The Hall–Kier alpha value is -1.19. The van der Waals surface area contributed by atoms with Gasteiger partial charge in [0.2, 0.25) is 0 Å². The van der Waals surface area contributed by atoms with Gasteiger partial charge in [-0.2, -0.15) is 13.2 Å². The molecule has 1 heterocycles. The van der Waals surface area contributed by atoms with Crippen molar-refractivity contribution >= 4 is 5.69 Å². The molecule has 0 saturated carbocycles. The topological polar surface area (TPSA) is 3.24 Å². The first-order valence-corrected chi connectivity index (χ1v) is 5.47. The van der Waals surface area contributed by atoms with Gasteiger partial charge in [-0.05, 0) is 36.6 Å². The molecular formula is C12H14F3N. The van der Waals surface area contributed by atoms with Gasteiger partial charge in [-0.3, -0.25) is 0 Å². The zero-order valence-electron chi connectivity index (χ0n) is 9.14. The molecule has 1 saturated heterocycles. The van der Waals surface area contributed by atoms with Crippen molar-refractivity contribution in [1.82, 2.24) is 0 Å². The van der Waals surface area contributed by atoms with Crippen LogP contribution in [0.3, 0.4) is 0 Å². The van der Waals surface area contributed by atoms with E-state index in [1.165, 1.54) is 12.1 Å². The van der Waals surface area contributed by atoms with E-state index in [4.69, 9.17) is 0 Å². The van der Waals surface area contributed by atoms with Gasteiger partial charge in [-0.15, -0.1) is 0 Å². The highest BCUT2D eigenvalue weighted by atomic mass is 19.4. The van der Waals surface area contributed by atoms with Gasteiger partial charge in [0.05, 0.1) is 5.56 Å². The summed E-state index contributed by atoms with van der Waals surface area (Å²) in [4.78, 5) is 1.98. The van der Waals surface area contributed by atoms with Crippen LogP contribution >= 0.6 is 0 Å². The summed E-state index contributed by atoms with van der Waals surface area (Å²) in [5.74, 6) is 0. The first-order chi connectivity index (χ1) is 7.50. The molecule has 0 aromatic heterocycles. The van der Waals surface area contributed by atoms with Crippen LogP contribution in [0.2, 0.25) is 0 Å². The quantitative estimate of drug-likeness (QED) is 0.750. The predicted octanol–water partition coefficient (Wildman–Crippen LogP) is 3.48. The normalized spacial score (nSPS) is 16.1. The minimum absolute atomic E-state index is 0.534. The molecule has 0 spiro atoms. The Bertz CT molecular complexity index is 380. The molecule has 16 heavy (non-hydrogen) atoms. The molecule has 0 N–H and O–H groups in total. The van der Waals surface area contributed by atoms with Crippen LogP contribution in [0.1, 0.15) is 24.5 Å². The molecule has 1 aromatic rings. The monoisotopic (exact) mass is 229 g/mol. The second-order valence-electron chi connectivity index (χ2n) is 4.08. The van der Waals surface area contributed by atoms with E-state index in [2.05, 4.69) is 0 Å². The average molecular weight is 229 g/mol. The number of alkyl halides is 3. The lowest BCUT2D eigenvalue weighted by atomic mass is 10.0. The van der Waals surface area contributed by atoms with E-state index in [0.717, 1.165) is 25.1 Å². The molecule has 0 radical (unpaired) electrons. The number of benzene rings is 1. The van der Waals surface area contributed by atoms with Gasteiger partial charge < -0.3 is 4.90 Å². The molecule has 1 fully saturated rings. The van der Waals surface area contributed by atoms with E-state index < -0.39 is 11.7 Å². The number of hydrogen-bond acceptors (Lipinski definition) is 1. The van der Waals surface area contributed by atoms with Gasteiger partial charge in [-0.1, -0.05) is 6.92 Å². The molecule has 1 aromatic carbocycles. The van der Waals surface area contributed by atoms with Crippen LogP contribution in [-0.2, 0) is 12.6 Å². The number of rotatable bonds is 2. The molecular weight excluding hydrogens is 215 g/mol. The van der Waals surface area contributed by atoms with E-state index in [-0.39, 0.29) is 0 Å². The van der Waals surface area contributed by atoms with Crippen molar-refractivity contribution in [3.63, 3.8) is 0 Å². The minimum Gasteiger partial charge on any atom is -0.371 e. The van der Waals surface area contributed by atoms with E-state index in [9.17, 15) is 13.2 Å². The van der Waals surface area contributed by atoms with Gasteiger partial charge in [0, 0.05) is 18.8 Å². The van der Waals surface area contributed by atoms with Gasteiger partial charge in [0.15, 0.2) is 0 Å². The van der Waals surface area contributed by atoms with Crippen molar-refractivity contribution in [1.29, 1.82) is 0 Å². The summed E-state index contributed by atoms with van der Waals surface area (Å²) in [5.41, 5.74) is 0.920. The fourth-order valence-electron chi connectivity index (χ4n) is 1.80. The van der Waals surface area contributed by atoms with Crippen molar-refractivity contribution in [2.75, 3.05) is 18.0 Å². The predicted molar refractivity (Wildman–Crippen MR) is 57.7 cm³/mol. The fourth-order valence-corrected chi connectivity index (χ4v) is 1.80. The molecule has 1 nitrogen and oxygen atoms in total. The lowest BCUT2D eigenvalue weighted by Crippen LogP contribution is -2.37. The van der Waals surface area contributed by atoms with Crippen LogP contribution in [-0.4, -0.2) is 13.1 Å². The SMILES string of the molecule is CCc1cc(N2CCC2)cc(C(F)(F)F)c1. The molecule has 4 heteroatoms. The molecule has 0 bridgehead atoms. The van der Waals surface area contributed by atoms with Gasteiger partial charge in [0.1, 0.15) is 0 Å². The highest BCUT2D eigenvalue weighted by Gasteiger charge is 2.31. The number of halogens is 3. The number of hydrogen-bond donors (Lipinski definition) is 0. The summed E-state index contributed by atoms with van der Waals surface area (Å²) >= 11 is 0. The highest BCUT2D eigenvalue weighted by molar-refractivity contribution is 5.53. The average Bonchev–Trinajstić information content (AvgIpc) is 2.13. The van der Waals surface area contributed by atoms with Crippen molar-refractivity contribution in [2.24, 2.45) is 0 Å². The van der Waals surface area contributed by atoms with Crippen molar-refractivity contribution in [3.05, 3.63) is 29.3 Å². The fraction of sp³-hybridized carbons (Fsp3) is 0.500. The third-order valence-corrected chi connectivity index (χ3v) is 2.93. The lowest BCUT2D eigenvalue weighted by molar-refractivity contribution is -0.137. The maximum absolute atomic E-state index is 12.7. The Balaban J connectivity index is 2.38. The summed E-state index contributed by atoms with van der Waals surface area (Å²) in [6.45, 7) is 3.60. The molecule has 1 aliphatic rings. The Morgan fingerprint density at radius 3 is 2.31 bits per heavy atom. The summed E-state index contributed by atoms with van der Waals surface area (Å²) in [6, 6.07) is 4.34. The summed E-state index contributed by atoms with van der Waals surface area (Å²) in [5, 5.41) is 0. The van der Waals surface area contributed by atoms with E-state index >= 15 is 0 Å². The number of anilines is 1. The summed E-state index contributed by atoms with van der Waals surface area (Å²) in [6.07, 6.45) is -2.55. The smallest absolute Gasteiger partial charge is 0.371 e. The van der Waals surface area contributed by atoms with E-state index in [0.29, 0.717) is 12.1 Å². The van der Waals surface area contributed by atoms with Crippen molar-refractivity contribution in [2.45, 2.75) is 25.9 Å². The molecule has 2 rings (SSSR count). The lowest BCUT2D eigenvalue weighted by Gasteiger charge is -2.34. The zero-order chi connectivity index (χ0) is 11.8. The highest BCUT2D eigenvalue weighted by Crippen LogP contribution is 2.34. The maximum Gasteiger partial charge on any atom is 0.416 e. The first kappa shape index (κ1) is 11.3. The van der Waals surface area contributed by atoms with Crippen LogP contribution in [0.25, 0.3) is 0 Å². The zero-order valence-corrected chi connectivity index (χ0v) is 9.14. The summed E-state index contributed by atoms with van der Waals surface area (Å²) < 4.78 is 38.0. The number of aryl methyl sites for hydroxylation is 1. The summed E-state index contributed by atoms with van der Waals surface area (Å²) in [7, 11) is 0. The van der Waals surface area contributed by atoms with Crippen LogP contribution in [0, 0.1) is 0 Å². The van der Waals surface area contributed by atoms with Crippen LogP contribution < -0.4 is 4.90 Å². The molecule has 1 aliphatic heterocycles. The molecule has 0 unspecified atom stereocenters. The first-order valence-electron chi connectivity index (χ1n) is 5.47. The Morgan fingerprint density at radius 1 is 1.19 bits per heavy atom. The third-order valence-electron chi connectivity index (χ3n) is 2.93. The van der Waals surface area contributed by atoms with Gasteiger partial charge in [0.25, 0.3) is 0 Å². The van der Waals surface area contributed by atoms with E-state index in [1.807, 2.05) is 17.9 Å². The second-order valence-corrected chi connectivity index (χ2v) is 4.08. The Labute approximate surface area is 92.9 Å². The molecule has 0 amide bonds. The van der Waals surface area contributed by atoms with Crippen LogP contribution in [0.4, 0.5) is 18.9 Å². The molecule has 0 atom stereocenters. The second kappa shape index (κ2) is 4.00. The van der Waals surface area contributed by atoms with Crippen LogP contribution in [0.15, 0.2) is 18.2 Å². The maximum atomic E-state index is 12.7. The van der Waals surface area contributed by atoms with Gasteiger partial charge in [-0.25, -0.2) is 0 Å². The molecule has 0 aliphatic carbocycles. The number of nitrogens with zero attached hydrogens (tertiary/aromatic N) is 1. The van der Waals surface area contributed by atoms with Crippen molar-refractivity contribution in [3.8, 4) is 0 Å². The Kier molecular flexibility index (Phi) is 2.82. The molecule has 88 valence electrons. The van der Waals surface area contributed by atoms with E-state index in [1.54, 1.807) is 0 Å². The van der Waals surface area contributed by atoms with Crippen molar-refractivity contribution < 1.29 is 13.2 Å².